The Morgan fingerprint density at radius 3 is 2.50 bits per heavy atom. The third-order valence-electron chi connectivity index (χ3n) is 5.37. The van der Waals surface area contributed by atoms with E-state index in [0.29, 0.717) is 24.8 Å². The van der Waals surface area contributed by atoms with Crippen molar-refractivity contribution in [3.05, 3.63) is 41.0 Å². The van der Waals surface area contributed by atoms with E-state index in [1.54, 1.807) is 25.6 Å². The number of carbonyl (C=O) groups is 1. The second-order valence-corrected chi connectivity index (χ2v) is 7.24. The predicted molar refractivity (Wildman–Crippen MR) is 96.5 cm³/mol. The first-order valence-electron chi connectivity index (χ1n) is 9.10. The van der Waals surface area contributed by atoms with Crippen molar-refractivity contribution in [2.75, 3.05) is 11.9 Å². The fraction of sp³-hybridized carbons (Fsp3) is 0.556. The topological polar surface area (TPSA) is 85.0 Å². The summed E-state index contributed by atoms with van der Waals surface area (Å²) in [5.74, 6) is 1.65. The molecule has 1 saturated heterocycles. The molecular weight excluding hydrogens is 332 g/mol. The summed E-state index contributed by atoms with van der Waals surface area (Å²) in [4.78, 5) is 35.5. The van der Waals surface area contributed by atoms with Gasteiger partial charge in [0.15, 0.2) is 5.82 Å². The largest absolute Gasteiger partial charge is 0.365 e. The van der Waals surface area contributed by atoms with Crippen molar-refractivity contribution in [1.82, 2.24) is 24.0 Å². The van der Waals surface area contributed by atoms with Crippen molar-refractivity contribution in [2.24, 2.45) is 20.0 Å². The Morgan fingerprint density at radius 1 is 1.08 bits per heavy atom. The number of nitrogens with zero attached hydrogens (tertiary/aromatic N) is 5. The summed E-state index contributed by atoms with van der Waals surface area (Å²) in [6.45, 7) is 0.584. The van der Waals surface area contributed by atoms with Crippen LogP contribution in [0.5, 0.6) is 0 Å². The third kappa shape index (κ3) is 3.00. The van der Waals surface area contributed by atoms with Crippen LogP contribution >= 0.6 is 0 Å². The Bertz CT molecular complexity index is 869. The number of rotatable bonds is 5. The number of hydrogen-bond acceptors (Lipinski definition) is 5. The molecule has 8 nitrogen and oxygen atoms in total. The Morgan fingerprint density at radius 2 is 1.81 bits per heavy atom. The molecule has 0 aromatic carbocycles. The molecule has 2 fully saturated rings. The smallest absolute Gasteiger partial charge is 0.293 e. The third-order valence-corrected chi connectivity index (χ3v) is 5.37. The van der Waals surface area contributed by atoms with E-state index in [2.05, 4.69) is 15.3 Å². The van der Waals surface area contributed by atoms with Gasteiger partial charge in [-0.25, -0.2) is 9.97 Å². The predicted octanol–water partition coefficient (Wildman–Crippen LogP) is 1.07. The molecule has 0 unspecified atom stereocenters. The van der Waals surface area contributed by atoms with Gasteiger partial charge in [0, 0.05) is 63.8 Å². The average Bonchev–Trinajstić information content (AvgIpc) is 3.37. The summed E-state index contributed by atoms with van der Waals surface area (Å²) in [5, 5.41) is 3.21. The van der Waals surface area contributed by atoms with Crippen LogP contribution in [0.4, 0.5) is 5.82 Å². The van der Waals surface area contributed by atoms with Gasteiger partial charge in [-0.1, -0.05) is 0 Å². The van der Waals surface area contributed by atoms with Gasteiger partial charge in [0.25, 0.3) is 5.56 Å². The van der Waals surface area contributed by atoms with E-state index >= 15 is 0 Å². The van der Waals surface area contributed by atoms with Crippen LogP contribution in [-0.2, 0) is 18.9 Å². The van der Waals surface area contributed by atoms with Crippen LogP contribution in [0.2, 0.25) is 0 Å². The van der Waals surface area contributed by atoms with Gasteiger partial charge in [0.1, 0.15) is 5.82 Å². The second-order valence-electron chi connectivity index (χ2n) is 7.24. The lowest BCUT2D eigenvalue weighted by Crippen LogP contribution is -2.47. The number of hydrogen-bond donors (Lipinski definition) is 1. The molecule has 0 bridgehead atoms. The first kappa shape index (κ1) is 16.8. The van der Waals surface area contributed by atoms with E-state index < -0.39 is 0 Å². The standard InChI is InChI=1S/C18H24N6O2/c1-22-9-8-20-17(22)15-12(3-6-14(25)24(15)13-4-5-13)11-21-16-18(26)23(2)10-7-19-16/h7-10,12-13,15H,3-6,11H2,1-2H3,(H,19,21)/t12-,15+/m1/s1. The maximum atomic E-state index is 12.6. The summed E-state index contributed by atoms with van der Waals surface area (Å²) < 4.78 is 3.50. The first-order chi connectivity index (χ1) is 12.6. The summed E-state index contributed by atoms with van der Waals surface area (Å²) in [6, 6.07) is 0.263. The van der Waals surface area contributed by atoms with Crippen LogP contribution in [0.25, 0.3) is 0 Å². The van der Waals surface area contributed by atoms with Gasteiger partial charge < -0.3 is 19.4 Å². The highest BCUT2D eigenvalue weighted by Crippen LogP contribution is 2.42. The van der Waals surface area contributed by atoms with Crippen LogP contribution in [0.3, 0.4) is 0 Å². The highest BCUT2D eigenvalue weighted by molar-refractivity contribution is 5.78. The Balaban J connectivity index is 1.60. The molecule has 4 rings (SSSR count). The van der Waals surface area contributed by atoms with Crippen molar-refractivity contribution in [3.8, 4) is 0 Å². The van der Waals surface area contributed by atoms with Crippen molar-refractivity contribution in [1.29, 1.82) is 0 Å². The lowest BCUT2D eigenvalue weighted by molar-refractivity contribution is -0.140. The van der Waals surface area contributed by atoms with Gasteiger partial charge in [-0.05, 0) is 19.3 Å². The summed E-state index contributed by atoms with van der Waals surface area (Å²) in [5.41, 5.74) is -0.146. The molecule has 1 N–H and O–H groups in total. The molecule has 1 amide bonds. The highest BCUT2D eigenvalue weighted by atomic mass is 16.2. The van der Waals surface area contributed by atoms with Gasteiger partial charge in [-0.2, -0.15) is 0 Å². The zero-order chi connectivity index (χ0) is 18.3. The first-order valence-corrected chi connectivity index (χ1v) is 9.10. The van der Waals surface area contributed by atoms with Crippen LogP contribution < -0.4 is 10.9 Å². The molecule has 8 heteroatoms. The quantitative estimate of drug-likeness (QED) is 0.866. The number of likely N-dealkylation sites (tertiary alicyclic amines) is 1. The second kappa shape index (κ2) is 6.59. The number of nitrogens with one attached hydrogen (secondary N) is 1. The Hall–Kier alpha value is -2.64. The normalized spacial score (nSPS) is 23.3. The molecule has 2 aromatic heterocycles. The molecule has 138 valence electrons. The SMILES string of the molecule is Cn1ccnc1[C@@H]1[C@@H](CNc2nccn(C)c2=O)CCC(=O)N1C1CC1. The molecule has 2 aromatic rings. The maximum Gasteiger partial charge on any atom is 0.293 e. The van der Waals surface area contributed by atoms with E-state index in [1.165, 1.54) is 4.57 Å². The highest BCUT2D eigenvalue weighted by Gasteiger charge is 2.45. The zero-order valence-corrected chi connectivity index (χ0v) is 15.1. The number of carbonyl (C=O) groups excluding carboxylic acids is 1. The molecule has 2 aliphatic rings. The summed E-state index contributed by atoms with van der Waals surface area (Å²) in [6.07, 6.45) is 10.4. The van der Waals surface area contributed by atoms with Crippen molar-refractivity contribution >= 4 is 11.7 Å². The number of aryl methyl sites for hydroxylation is 2. The lowest BCUT2D eigenvalue weighted by Gasteiger charge is -2.41. The van der Waals surface area contributed by atoms with E-state index in [-0.39, 0.29) is 23.4 Å². The minimum absolute atomic E-state index is 0.0659. The van der Waals surface area contributed by atoms with Gasteiger partial charge in [-0.15, -0.1) is 0 Å². The minimum atomic E-state index is -0.146. The molecular formula is C18H24N6O2. The molecule has 1 aliphatic heterocycles. The number of imidazole rings is 1. The number of aromatic nitrogens is 4. The van der Waals surface area contributed by atoms with Crippen LogP contribution in [0.15, 0.2) is 29.6 Å². The number of amides is 1. The van der Waals surface area contributed by atoms with Crippen molar-refractivity contribution < 1.29 is 4.79 Å². The number of anilines is 1. The molecule has 1 saturated carbocycles. The molecule has 0 spiro atoms. The molecule has 3 heterocycles. The molecule has 0 radical (unpaired) electrons. The maximum absolute atomic E-state index is 12.6. The molecule has 26 heavy (non-hydrogen) atoms. The lowest BCUT2D eigenvalue weighted by atomic mass is 9.87. The van der Waals surface area contributed by atoms with Crippen LogP contribution in [0, 0.1) is 5.92 Å². The van der Waals surface area contributed by atoms with Gasteiger partial charge in [0.05, 0.1) is 6.04 Å². The molecule has 2 atom stereocenters. The van der Waals surface area contributed by atoms with E-state index in [9.17, 15) is 9.59 Å². The Labute approximate surface area is 151 Å². The monoisotopic (exact) mass is 356 g/mol. The number of piperidine rings is 1. The van der Waals surface area contributed by atoms with Gasteiger partial charge in [-0.3, -0.25) is 9.59 Å². The Kier molecular flexibility index (Phi) is 4.26. The molecule has 1 aliphatic carbocycles. The van der Waals surface area contributed by atoms with Crippen molar-refractivity contribution in [2.45, 2.75) is 37.8 Å². The fourth-order valence-electron chi connectivity index (χ4n) is 3.82. The average molecular weight is 356 g/mol. The van der Waals surface area contributed by atoms with E-state index in [1.807, 2.05) is 22.7 Å². The zero-order valence-electron chi connectivity index (χ0n) is 15.1. The van der Waals surface area contributed by atoms with Crippen LogP contribution in [-0.4, -0.2) is 42.5 Å². The van der Waals surface area contributed by atoms with Crippen molar-refractivity contribution in [3.63, 3.8) is 0 Å². The van der Waals surface area contributed by atoms with Gasteiger partial charge in [0.2, 0.25) is 5.91 Å². The summed E-state index contributed by atoms with van der Waals surface area (Å²) in [7, 11) is 3.67. The van der Waals surface area contributed by atoms with E-state index in [0.717, 1.165) is 25.1 Å². The minimum Gasteiger partial charge on any atom is -0.365 e. The van der Waals surface area contributed by atoms with Gasteiger partial charge >= 0.3 is 0 Å². The summed E-state index contributed by atoms with van der Waals surface area (Å²) >= 11 is 0. The van der Waals surface area contributed by atoms with Crippen LogP contribution in [0.1, 0.15) is 37.5 Å². The fourth-order valence-corrected chi connectivity index (χ4v) is 3.82. The van der Waals surface area contributed by atoms with E-state index in [4.69, 9.17) is 0 Å².